The molecule has 2 aliphatic rings. The summed E-state index contributed by atoms with van der Waals surface area (Å²) in [6, 6.07) is 13.0. The molecule has 3 amide bonds. The van der Waals surface area contributed by atoms with Crippen molar-refractivity contribution in [1.82, 2.24) is 20.4 Å². The van der Waals surface area contributed by atoms with Crippen molar-refractivity contribution >= 4 is 75.2 Å². The van der Waals surface area contributed by atoms with Crippen molar-refractivity contribution in [2.75, 3.05) is 39.3 Å². The molecule has 2 saturated heterocycles. The summed E-state index contributed by atoms with van der Waals surface area (Å²) in [6.07, 6.45) is 4.06. The number of carbonyl (C=O) groups is 3. The first-order valence-electron chi connectivity index (χ1n) is 19.0. The number of hydrogen-bond donors (Lipinski definition) is 2. The average Bonchev–Trinajstić information content (AvgIpc) is 3.05. The molecule has 332 valence electrons. The Bertz CT molecular complexity index is 1550. The number of rotatable bonds is 9. The van der Waals surface area contributed by atoms with E-state index in [9.17, 15) is 23.2 Å². The second kappa shape index (κ2) is 28.4. The molecule has 0 unspecified atom stereocenters. The van der Waals surface area contributed by atoms with E-state index in [2.05, 4.69) is 29.4 Å². The minimum atomic E-state index is -3.29. The van der Waals surface area contributed by atoms with Gasteiger partial charge in [0.15, 0.2) is 0 Å². The molecule has 0 aromatic heterocycles. The van der Waals surface area contributed by atoms with Crippen LogP contribution in [0.1, 0.15) is 92.2 Å². The van der Waals surface area contributed by atoms with E-state index in [1.54, 1.807) is 24.3 Å². The Morgan fingerprint density at radius 3 is 1.47 bits per heavy atom. The number of nitrogens with one attached hydrogen (secondary N) is 2. The molecule has 0 saturated carbocycles. The summed E-state index contributed by atoms with van der Waals surface area (Å²) in [5.41, 5.74) is 0.741. The number of halogens is 7. The van der Waals surface area contributed by atoms with Crippen LogP contribution < -0.4 is 27.6 Å². The molecular weight excluding hydrogens is 1000 g/mol. The Hall–Kier alpha value is -0.441. The zero-order chi connectivity index (χ0) is 42.3. The summed E-state index contributed by atoms with van der Waals surface area (Å²) in [5, 5.41) is 5.68. The molecule has 2 aromatic rings. The van der Waals surface area contributed by atoms with Crippen LogP contribution in [0.5, 0.6) is 0 Å². The summed E-state index contributed by atoms with van der Waals surface area (Å²) in [6.45, 7) is 20.0. The van der Waals surface area contributed by atoms with E-state index in [-0.39, 0.29) is 83.1 Å². The molecule has 2 fully saturated rings. The zero-order valence-electron chi connectivity index (χ0n) is 36.0. The van der Waals surface area contributed by atoms with E-state index in [0.29, 0.717) is 43.6 Å². The second-order valence-electron chi connectivity index (χ2n) is 16.9. The molecule has 2 aromatic carbocycles. The second-order valence-corrected chi connectivity index (χ2v) is 39.3. The number of nitrogens with zero attached hydrogens (tertiary/aromatic N) is 2. The number of ether oxygens (including phenoxy) is 2. The average molecular weight is 1070 g/mol. The SMILES string of the molecule is CC(C)(C)OC(=O)NCC1CCN(C(=O)Cc2cccc(F)c2)CC1.CC(C)(C)OC(=O)NCC1CCN(C(C)(C)Cc2cccc(F)c2)CC1.[Br-].[CH3-].[Cl][Zr]([Cl])([Cl])[Cl].[Mg+2]. The van der Waals surface area contributed by atoms with E-state index >= 15 is 0 Å². The Balaban J connectivity index is 0. The Morgan fingerprint density at radius 2 is 1.08 bits per heavy atom. The third kappa shape index (κ3) is 28.8. The van der Waals surface area contributed by atoms with Crippen molar-refractivity contribution in [1.29, 1.82) is 0 Å². The summed E-state index contributed by atoms with van der Waals surface area (Å²) in [7, 11) is 20.1. The molecule has 18 heteroatoms. The van der Waals surface area contributed by atoms with Gasteiger partial charge in [0.05, 0.1) is 6.42 Å². The molecular formula is C41H63BrCl4F2MgN4O5Zr. The number of amides is 3. The predicted octanol–water partition coefficient (Wildman–Crippen LogP) is 7.34. The van der Waals surface area contributed by atoms with E-state index in [1.165, 1.54) is 18.2 Å². The van der Waals surface area contributed by atoms with E-state index in [4.69, 9.17) is 43.5 Å². The summed E-state index contributed by atoms with van der Waals surface area (Å²) >= 11 is -3.29. The van der Waals surface area contributed by atoms with Crippen LogP contribution >= 0.6 is 34.1 Å². The van der Waals surface area contributed by atoms with Crippen LogP contribution in [-0.2, 0) is 42.6 Å². The van der Waals surface area contributed by atoms with Gasteiger partial charge in [0, 0.05) is 31.7 Å². The molecule has 0 aliphatic carbocycles. The van der Waals surface area contributed by atoms with Gasteiger partial charge in [0.1, 0.15) is 22.8 Å². The monoisotopic (exact) mass is 1060 g/mol. The number of alkyl carbamates (subject to hydrolysis) is 2. The van der Waals surface area contributed by atoms with E-state index < -0.39 is 32.8 Å². The van der Waals surface area contributed by atoms with Crippen LogP contribution in [0.3, 0.4) is 0 Å². The maximum absolute atomic E-state index is 13.4. The molecule has 0 radical (unpaired) electrons. The standard InChI is InChI=1S/C21H33FN2O2.C19H27FN2O3.CH3.BrH.4ClH.Mg.Zr/c1-20(2,3)26-19(25)23-15-16-9-11-24(12-10-16)21(4,5)14-17-7-6-8-18(22)13-17;1-19(2,3)25-18(24)21-13-14-7-9-22(10-8-14)17(23)12-15-5-4-6-16(20)11-15;;;;;;;;/h6-8,13,16H,9-12,14-15H2,1-5H3,(H,23,25);4-6,11,14H,7-10,12-13H2,1-3H3,(H,21,24);1H3;5*1H;;/q;;-1;;;;;;+2;+4/p-5. The topological polar surface area (TPSA) is 100 Å². The molecule has 4 rings (SSSR count). The van der Waals surface area contributed by atoms with Crippen molar-refractivity contribution in [3.05, 3.63) is 78.7 Å². The molecule has 2 heterocycles. The number of carbonyl (C=O) groups excluding carboxylic acids is 3. The van der Waals surface area contributed by atoms with Gasteiger partial charge < -0.3 is 49.4 Å². The molecule has 2 N–H and O–H groups in total. The fraction of sp³-hybridized carbons (Fsp3) is 0.610. The van der Waals surface area contributed by atoms with Gasteiger partial charge in [-0.15, -0.1) is 0 Å². The van der Waals surface area contributed by atoms with Gasteiger partial charge in [-0.05, 0) is 148 Å². The fourth-order valence-corrected chi connectivity index (χ4v) is 6.40. The molecule has 0 spiro atoms. The van der Waals surface area contributed by atoms with Crippen LogP contribution in [0.15, 0.2) is 48.5 Å². The molecule has 59 heavy (non-hydrogen) atoms. The quantitative estimate of drug-likeness (QED) is 0.202. The molecule has 9 nitrogen and oxygen atoms in total. The van der Waals surface area contributed by atoms with Crippen molar-refractivity contribution in [3.63, 3.8) is 0 Å². The summed E-state index contributed by atoms with van der Waals surface area (Å²) in [5.74, 6) is 0.334. The Labute approximate surface area is 397 Å². The number of hydrogen-bond acceptors (Lipinski definition) is 6. The number of benzene rings is 2. The molecule has 2 aliphatic heterocycles. The Kier molecular flexibility index (Phi) is 29.2. The molecule has 0 bridgehead atoms. The fourth-order valence-electron chi connectivity index (χ4n) is 6.40. The van der Waals surface area contributed by atoms with Crippen LogP contribution in [0, 0.1) is 30.9 Å². The number of piperidine rings is 2. The normalized spacial score (nSPS) is 15.3. The van der Waals surface area contributed by atoms with Crippen molar-refractivity contribution in [2.45, 2.75) is 111 Å². The van der Waals surface area contributed by atoms with E-state index in [0.717, 1.165) is 50.8 Å². The minimum Gasteiger partial charge on any atom is 2.00 e. The van der Waals surface area contributed by atoms with Gasteiger partial charge in [-0.25, -0.2) is 18.4 Å². The van der Waals surface area contributed by atoms with Gasteiger partial charge in [-0.2, -0.15) is 0 Å². The van der Waals surface area contributed by atoms with Crippen LogP contribution in [0.25, 0.3) is 0 Å². The van der Waals surface area contributed by atoms with Crippen molar-refractivity contribution in [3.8, 4) is 0 Å². The maximum Gasteiger partial charge on any atom is 2.00 e. The van der Waals surface area contributed by atoms with Crippen LogP contribution in [-0.4, -0.2) is 107 Å². The van der Waals surface area contributed by atoms with Gasteiger partial charge in [-0.3, -0.25) is 9.69 Å². The Morgan fingerprint density at radius 1 is 0.712 bits per heavy atom. The van der Waals surface area contributed by atoms with Crippen molar-refractivity contribution < 1.29 is 65.1 Å². The van der Waals surface area contributed by atoms with E-state index in [1.807, 2.05) is 52.5 Å². The smallest absolute Gasteiger partial charge is 2.00 e. The first-order valence-corrected chi connectivity index (χ1v) is 31.6. The summed E-state index contributed by atoms with van der Waals surface area (Å²) < 4.78 is 37.1. The van der Waals surface area contributed by atoms with Crippen molar-refractivity contribution in [2.24, 2.45) is 11.8 Å². The minimum absolute atomic E-state index is 0. The van der Waals surface area contributed by atoms with Gasteiger partial charge in [0.2, 0.25) is 5.91 Å². The number of likely N-dealkylation sites (tertiary alicyclic amines) is 2. The first-order chi connectivity index (χ1) is 25.8. The maximum atomic E-state index is 13.4. The third-order valence-corrected chi connectivity index (χ3v) is 9.08. The third-order valence-electron chi connectivity index (χ3n) is 9.08. The van der Waals surface area contributed by atoms with Gasteiger partial charge in [-0.1, -0.05) is 24.3 Å². The summed E-state index contributed by atoms with van der Waals surface area (Å²) in [4.78, 5) is 40.1. The first kappa shape index (κ1) is 60.6. The van der Waals surface area contributed by atoms with Gasteiger partial charge in [0.25, 0.3) is 0 Å². The van der Waals surface area contributed by atoms with Gasteiger partial charge >= 0.3 is 84.8 Å². The van der Waals surface area contributed by atoms with Crippen LogP contribution in [0.2, 0.25) is 0 Å². The molecule has 0 atom stereocenters. The van der Waals surface area contributed by atoms with Crippen LogP contribution in [0.4, 0.5) is 18.4 Å². The zero-order valence-corrected chi connectivity index (χ0v) is 44.5. The largest absolute Gasteiger partial charge is 2.00 e. The predicted molar refractivity (Wildman–Crippen MR) is 232 cm³/mol.